The van der Waals surface area contributed by atoms with Gasteiger partial charge < -0.3 is 15.4 Å². The van der Waals surface area contributed by atoms with Gasteiger partial charge in [0, 0.05) is 18.3 Å². The van der Waals surface area contributed by atoms with Crippen LogP contribution in [0.4, 0.5) is 10.5 Å². The minimum absolute atomic E-state index is 0.111. The van der Waals surface area contributed by atoms with Gasteiger partial charge in [-0.1, -0.05) is 38.1 Å². The highest BCUT2D eigenvalue weighted by Gasteiger charge is 2.36. The highest BCUT2D eigenvalue weighted by atomic mass is 16.5. The molecule has 2 N–H and O–H groups in total. The third-order valence-corrected chi connectivity index (χ3v) is 5.21. The van der Waals surface area contributed by atoms with Crippen LogP contribution in [0.3, 0.4) is 0 Å². The summed E-state index contributed by atoms with van der Waals surface area (Å²) in [4.78, 5) is 12.6. The third-order valence-electron chi connectivity index (χ3n) is 5.21. The predicted molar refractivity (Wildman–Crippen MR) is 102 cm³/mol. The minimum Gasteiger partial charge on any atom is -0.378 e. The number of amides is 2. The van der Waals surface area contributed by atoms with Gasteiger partial charge in [-0.15, -0.1) is 6.58 Å². The van der Waals surface area contributed by atoms with Crippen molar-refractivity contribution in [3.05, 3.63) is 42.0 Å². The number of hydrogen-bond donors (Lipinski definition) is 2. The molecule has 0 aromatic heterocycles. The summed E-state index contributed by atoms with van der Waals surface area (Å²) in [5.41, 5.74) is 3.21. The van der Waals surface area contributed by atoms with Crippen LogP contribution in [0.2, 0.25) is 0 Å². The van der Waals surface area contributed by atoms with Crippen LogP contribution in [-0.4, -0.2) is 24.8 Å². The second-order valence-corrected chi connectivity index (χ2v) is 7.60. The summed E-state index contributed by atoms with van der Waals surface area (Å²) in [5.74, 6) is 1.07. The lowest BCUT2D eigenvalue weighted by molar-refractivity contribution is -0.00889. The number of ether oxygens (including phenoxy) is 1. The Balaban J connectivity index is 1.66. The van der Waals surface area contributed by atoms with Crippen molar-refractivity contribution < 1.29 is 9.53 Å². The molecule has 136 valence electrons. The first-order valence-electron chi connectivity index (χ1n) is 9.50. The molecule has 1 saturated heterocycles. The zero-order valence-electron chi connectivity index (χ0n) is 15.4. The number of nitrogens with one attached hydrogen (secondary N) is 2. The van der Waals surface area contributed by atoms with Gasteiger partial charge in [-0.25, -0.2) is 4.79 Å². The zero-order chi connectivity index (χ0) is 17.8. The number of urea groups is 1. The van der Waals surface area contributed by atoms with E-state index < -0.39 is 0 Å². The molecule has 1 aromatic rings. The first-order valence-corrected chi connectivity index (χ1v) is 9.50. The van der Waals surface area contributed by atoms with E-state index in [1.165, 1.54) is 12.8 Å². The fraction of sp³-hybridized carbons (Fsp3) is 0.571. The number of carbonyl (C=O) groups is 1. The molecule has 4 heteroatoms. The third kappa shape index (κ3) is 4.63. The molecule has 0 spiro atoms. The Morgan fingerprint density at radius 3 is 2.84 bits per heavy atom. The van der Waals surface area contributed by atoms with Crippen LogP contribution < -0.4 is 10.6 Å². The van der Waals surface area contributed by atoms with Crippen molar-refractivity contribution in [3.8, 4) is 0 Å². The maximum atomic E-state index is 12.6. The number of anilines is 1. The highest BCUT2D eigenvalue weighted by Crippen LogP contribution is 2.38. The van der Waals surface area contributed by atoms with Gasteiger partial charge in [0.2, 0.25) is 0 Å². The predicted octanol–water partition coefficient (Wildman–Crippen LogP) is 4.62. The van der Waals surface area contributed by atoms with Gasteiger partial charge in [0.15, 0.2) is 0 Å². The molecule has 2 aliphatic rings. The van der Waals surface area contributed by atoms with Crippen molar-refractivity contribution >= 4 is 11.7 Å². The Bertz CT molecular complexity index is 622. The molecule has 0 radical (unpaired) electrons. The van der Waals surface area contributed by atoms with E-state index in [9.17, 15) is 4.79 Å². The number of benzene rings is 1. The summed E-state index contributed by atoms with van der Waals surface area (Å²) >= 11 is 0. The number of carbonyl (C=O) groups excluding carboxylic acids is 1. The standard InChI is InChI=1S/C21H30N2O2/c1-4-6-16-7-5-8-18(14(2)3)20(16)23-21(24)22-17-11-12-25-19(13-17)15-9-10-15/h4-5,7-8,14-15,17,19H,1,6,9-13H2,2-3H3,(H2,22,23,24)/t17-,19+/m0/s1. The van der Waals surface area contributed by atoms with E-state index in [-0.39, 0.29) is 12.1 Å². The Morgan fingerprint density at radius 2 is 2.16 bits per heavy atom. The molecule has 2 amide bonds. The molecule has 1 heterocycles. The Morgan fingerprint density at radius 1 is 1.36 bits per heavy atom. The minimum atomic E-state index is -0.111. The fourth-order valence-corrected chi connectivity index (χ4v) is 3.67. The molecule has 1 aliphatic carbocycles. The first-order chi connectivity index (χ1) is 12.1. The van der Waals surface area contributed by atoms with Crippen LogP contribution in [-0.2, 0) is 11.2 Å². The second-order valence-electron chi connectivity index (χ2n) is 7.60. The molecular weight excluding hydrogens is 312 g/mol. The largest absolute Gasteiger partial charge is 0.378 e. The quantitative estimate of drug-likeness (QED) is 0.741. The molecule has 25 heavy (non-hydrogen) atoms. The van der Waals surface area contributed by atoms with E-state index in [1.807, 2.05) is 6.08 Å². The topological polar surface area (TPSA) is 50.4 Å². The Hall–Kier alpha value is -1.81. The molecule has 1 aromatic carbocycles. The summed E-state index contributed by atoms with van der Waals surface area (Å²) in [7, 11) is 0. The molecule has 3 rings (SSSR count). The average molecular weight is 342 g/mol. The van der Waals surface area contributed by atoms with Crippen molar-refractivity contribution in [2.75, 3.05) is 11.9 Å². The van der Waals surface area contributed by atoms with Crippen LogP contribution in [0.25, 0.3) is 0 Å². The fourth-order valence-electron chi connectivity index (χ4n) is 3.67. The van der Waals surface area contributed by atoms with Crippen LogP contribution >= 0.6 is 0 Å². The van der Waals surface area contributed by atoms with Crippen molar-refractivity contribution in [1.29, 1.82) is 0 Å². The maximum Gasteiger partial charge on any atom is 0.319 e. The van der Waals surface area contributed by atoms with Gasteiger partial charge in [0.1, 0.15) is 0 Å². The van der Waals surface area contributed by atoms with Crippen molar-refractivity contribution in [3.63, 3.8) is 0 Å². The van der Waals surface area contributed by atoms with E-state index in [2.05, 4.69) is 49.3 Å². The summed E-state index contributed by atoms with van der Waals surface area (Å²) in [5, 5.41) is 6.27. The lowest BCUT2D eigenvalue weighted by Crippen LogP contribution is -2.44. The van der Waals surface area contributed by atoms with Crippen LogP contribution in [0.1, 0.15) is 56.6 Å². The van der Waals surface area contributed by atoms with E-state index in [1.54, 1.807) is 0 Å². The van der Waals surface area contributed by atoms with Gasteiger partial charge >= 0.3 is 6.03 Å². The Kier molecular flexibility index (Phi) is 5.79. The number of para-hydroxylation sites is 1. The first kappa shape index (κ1) is 18.0. The molecule has 2 fully saturated rings. The zero-order valence-corrected chi connectivity index (χ0v) is 15.4. The smallest absolute Gasteiger partial charge is 0.319 e. The van der Waals surface area contributed by atoms with E-state index >= 15 is 0 Å². The molecule has 0 bridgehead atoms. The molecular formula is C21H30N2O2. The highest BCUT2D eigenvalue weighted by molar-refractivity contribution is 5.91. The normalized spacial score (nSPS) is 23.3. The summed E-state index contributed by atoms with van der Waals surface area (Å²) in [6, 6.07) is 6.29. The number of rotatable bonds is 6. The summed E-state index contributed by atoms with van der Waals surface area (Å²) in [6.45, 7) is 8.87. The number of hydrogen-bond acceptors (Lipinski definition) is 2. The molecule has 1 aliphatic heterocycles. The van der Waals surface area contributed by atoms with E-state index in [4.69, 9.17) is 4.74 Å². The Labute approximate surface area is 151 Å². The van der Waals surface area contributed by atoms with Crippen LogP contribution in [0.15, 0.2) is 30.9 Å². The summed E-state index contributed by atoms with van der Waals surface area (Å²) < 4.78 is 5.85. The molecule has 2 atom stereocenters. The lowest BCUT2D eigenvalue weighted by Gasteiger charge is -2.30. The van der Waals surface area contributed by atoms with Crippen LogP contribution in [0, 0.1) is 5.92 Å². The van der Waals surface area contributed by atoms with Crippen molar-refractivity contribution in [1.82, 2.24) is 5.32 Å². The van der Waals surface area contributed by atoms with Crippen LogP contribution in [0.5, 0.6) is 0 Å². The van der Waals surface area contributed by atoms with Gasteiger partial charge in [0.25, 0.3) is 0 Å². The van der Waals surface area contributed by atoms with Crippen molar-refractivity contribution in [2.24, 2.45) is 5.92 Å². The number of allylic oxidation sites excluding steroid dienone is 1. The second kappa shape index (κ2) is 8.05. The lowest BCUT2D eigenvalue weighted by atomic mass is 9.96. The molecule has 4 nitrogen and oxygen atoms in total. The van der Waals surface area contributed by atoms with E-state index in [0.717, 1.165) is 42.7 Å². The van der Waals surface area contributed by atoms with Gasteiger partial charge in [-0.2, -0.15) is 0 Å². The van der Waals surface area contributed by atoms with E-state index in [0.29, 0.717) is 17.9 Å². The summed E-state index contributed by atoms with van der Waals surface area (Å²) in [6.07, 6.45) is 7.33. The van der Waals surface area contributed by atoms with Gasteiger partial charge in [0.05, 0.1) is 6.10 Å². The molecule has 1 saturated carbocycles. The van der Waals surface area contributed by atoms with Gasteiger partial charge in [-0.3, -0.25) is 0 Å². The maximum absolute atomic E-state index is 12.6. The SMILES string of the molecule is C=CCc1cccc(C(C)C)c1NC(=O)N[C@H]1CCO[C@@H](C2CC2)C1. The average Bonchev–Trinajstić information content (AvgIpc) is 3.41. The molecule has 0 unspecified atom stereocenters. The monoisotopic (exact) mass is 342 g/mol. The van der Waals surface area contributed by atoms with Gasteiger partial charge in [-0.05, 0) is 55.1 Å². The van der Waals surface area contributed by atoms with Crippen molar-refractivity contribution in [2.45, 2.75) is 64.0 Å².